The van der Waals surface area contributed by atoms with Crippen molar-refractivity contribution in [1.82, 2.24) is 9.55 Å². The molecule has 0 aliphatic rings. The van der Waals surface area contributed by atoms with Crippen molar-refractivity contribution in [3.8, 4) is 11.8 Å². The van der Waals surface area contributed by atoms with Gasteiger partial charge in [-0.25, -0.2) is 9.78 Å². The second-order valence-electron chi connectivity index (χ2n) is 8.00. The highest BCUT2D eigenvalue weighted by Gasteiger charge is 2.23. The standard InChI is InChI=1S/C25H19Cl3N2O7S/c26-16-3-1-15(2-4-16)14-36-23(19-7-5-17(27)11-21(19)28)13-30-10-9-29-25(30)37-24(32)20-12-18(38(33,34)35)6-8-22(20)31/h1-12,23,31H,13-14H2,(H,33,34,35). The van der Waals surface area contributed by atoms with Gasteiger partial charge in [-0.2, -0.15) is 8.42 Å². The van der Waals surface area contributed by atoms with Crippen molar-refractivity contribution in [2.24, 2.45) is 0 Å². The zero-order valence-electron chi connectivity index (χ0n) is 19.3. The monoisotopic (exact) mass is 596 g/mol. The van der Waals surface area contributed by atoms with E-state index in [2.05, 4.69) is 4.98 Å². The van der Waals surface area contributed by atoms with Gasteiger partial charge in [-0.05, 0) is 48.0 Å². The molecule has 0 saturated heterocycles. The Kier molecular flexibility index (Phi) is 8.61. The van der Waals surface area contributed by atoms with Gasteiger partial charge in [0.25, 0.3) is 10.1 Å². The summed E-state index contributed by atoms with van der Waals surface area (Å²) in [7, 11) is -4.62. The molecule has 4 aromatic rings. The van der Waals surface area contributed by atoms with Gasteiger partial charge in [-0.15, -0.1) is 0 Å². The molecule has 1 unspecified atom stereocenters. The number of hydrogen-bond acceptors (Lipinski definition) is 7. The summed E-state index contributed by atoms with van der Waals surface area (Å²) < 4.78 is 45.1. The molecular formula is C25H19Cl3N2O7S. The van der Waals surface area contributed by atoms with Crippen molar-refractivity contribution in [3.05, 3.63) is 105 Å². The second-order valence-corrected chi connectivity index (χ2v) is 10.7. The van der Waals surface area contributed by atoms with Crippen LogP contribution in [0, 0.1) is 0 Å². The fraction of sp³-hybridized carbons (Fsp3) is 0.120. The molecule has 1 aromatic heterocycles. The summed E-state index contributed by atoms with van der Waals surface area (Å²) in [6.07, 6.45) is 2.29. The average Bonchev–Trinajstić information content (AvgIpc) is 3.28. The zero-order chi connectivity index (χ0) is 27.4. The van der Waals surface area contributed by atoms with Crippen LogP contribution in [0.4, 0.5) is 0 Å². The SMILES string of the molecule is O=C(Oc1nccn1CC(OCc1ccc(Cl)cc1)c1ccc(Cl)cc1Cl)c1cc(S(=O)(=O)O)ccc1O. The van der Waals surface area contributed by atoms with E-state index in [1.165, 1.54) is 10.8 Å². The summed E-state index contributed by atoms with van der Waals surface area (Å²) in [5.41, 5.74) is 0.997. The third kappa shape index (κ3) is 6.84. The maximum atomic E-state index is 12.8. The molecule has 4 rings (SSSR count). The molecule has 0 amide bonds. The zero-order valence-corrected chi connectivity index (χ0v) is 22.4. The Hall–Kier alpha value is -3.12. The summed E-state index contributed by atoms with van der Waals surface area (Å²) >= 11 is 18.5. The van der Waals surface area contributed by atoms with Crippen LogP contribution in [0.2, 0.25) is 15.1 Å². The summed E-state index contributed by atoms with van der Waals surface area (Å²) in [5.74, 6) is -1.64. The number of carbonyl (C=O) groups excluding carboxylic acids is 1. The van der Waals surface area contributed by atoms with Gasteiger partial charge < -0.3 is 14.6 Å². The maximum absolute atomic E-state index is 12.8. The molecule has 3 aromatic carbocycles. The number of aromatic nitrogens is 2. The number of phenols is 1. The van der Waals surface area contributed by atoms with Gasteiger partial charge in [0.2, 0.25) is 0 Å². The highest BCUT2D eigenvalue weighted by Crippen LogP contribution is 2.32. The fourth-order valence-corrected chi connectivity index (χ4v) is 4.64. The first-order valence-electron chi connectivity index (χ1n) is 10.9. The molecule has 0 bridgehead atoms. The topological polar surface area (TPSA) is 128 Å². The van der Waals surface area contributed by atoms with Crippen LogP contribution in [0.15, 0.2) is 78.0 Å². The fourth-order valence-electron chi connectivity index (χ4n) is 3.48. The molecule has 1 heterocycles. The summed E-state index contributed by atoms with van der Waals surface area (Å²) in [6.45, 7) is 0.315. The van der Waals surface area contributed by atoms with Gasteiger partial charge in [0.05, 0.1) is 18.0 Å². The van der Waals surface area contributed by atoms with Crippen LogP contribution >= 0.6 is 34.8 Å². The van der Waals surface area contributed by atoms with Crippen molar-refractivity contribution < 1.29 is 32.3 Å². The van der Waals surface area contributed by atoms with E-state index >= 15 is 0 Å². The van der Waals surface area contributed by atoms with Gasteiger partial charge in [0, 0.05) is 33.0 Å². The van der Waals surface area contributed by atoms with E-state index in [1.807, 2.05) is 12.1 Å². The molecule has 0 aliphatic carbocycles. The van der Waals surface area contributed by atoms with Crippen molar-refractivity contribution in [2.45, 2.75) is 24.2 Å². The molecule has 0 saturated carbocycles. The molecule has 9 nitrogen and oxygen atoms in total. The second kappa shape index (κ2) is 11.7. The first-order valence-corrected chi connectivity index (χ1v) is 13.4. The molecule has 38 heavy (non-hydrogen) atoms. The first kappa shape index (κ1) is 27.9. The lowest BCUT2D eigenvalue weighted by Crippen LogP contribution is -2.17. The van der Waals surface area contributed by atoms with Crippen molar-refractivity contribution >= 4 is 50.9 Å². The predicted octanol–water partition coefficient (Wildman–Crippen LogP) is 5.97. The number of carbonyl (C=O) groups is 1. The Morgan fingerprint density at radius 1 is 1.00 bits per heavy atom. The third-order valence-electron chi connectivity index (χ3n) is 5.38. The molecule has 0 spiro atoms. The van der Waals surface area contributed by atoms with E-state index in [0.717, 1.165) is 23.8 Å². The van der Waals surface area contributed by atoms with E-state index in [4.69, 9.17) is 44.3 Å². The molecule has 0 radical (unpaired) electrons. The Labute approximate surface area is 232 Å². The molecule has 0 fully saturated rings. The van der Waals surface area contributed by atoms with E-state index in [0.29, 0.717) is 20.6 Å². The number of esters is 1. The van der Waals surface area contributed by atoms with Gasteiger partial charge in [0.1, 0.15) is 17.4 Å². The molecule has 198 valence electrons. The first-order chi connectivity index (χ1) is 18.0. The van der Waals surface area contributed by atoms with Gasteiger partial charge in [0.15, 0.2) is 0 Å². The summed E-state index contributed by atoms with van der Waals surface area (Å²) in [6, 6.07) is 14.6. The van der Waals surface area contributed by atoms with E-state index in [9.17, 15) is 22.9 Å². The van der Waals surface area contributed by atoms with Crippen molar-refractivity contribution in [2.75, 3.05) is 0 Å². The molecule has 0 aliphatic heterocycles. The van der Waals surface area contributed by atoms with Crippen LogP contribution < -0.4 is 4.74 Å². The Bertz CT molecular complexity index is 1570. The number of aromatic hydroxyl groups is 1. The number of rotatable bonds is 9. The van der Waals surface area contributed by atoms with E-state index in [-0.39, 0.29) is 19.2 Å². The number of nitrogens with zero attached hydrogens (tertiary/aromatic N) is 2. The average molecular weight is 598 g/mol. The van der Waals surface area contributed by atoms with Crippen molar-refractivity contribution in [3.63, 3.8) is 0 Å². The Morgan fingerprint density at radius 2 is 1.71 bits per heavy atom. The minimum atomic E-state index is -4.62. The molecule has 13 heteroatoms. The Balaban J connectivity index is 1.59. The lowest BCUT2D eigenvalue weighted by Gasteiger charge is -2.21. The molecule has 2 N–H and O–H groups in total. The van der Waals surface area contributed by atoms with Crippen LogP contribution in [-0.4, -0.2) is 33.6 Å². The minimum absolute atomic E-state index is 0.106. The summed E-state index contributed by atoms with van der Waals surface area (Å²) in [5, 5.41) is 11.4. The van der Waals surface area contributed by atoms with Crippen LogP contribution in [-0.2, 0) is 28.0 Å². The van der Waals surface area contributed by atoms with Crippen LogP contribution in [0.5, 0.6) is 11.8 Å². The Morgan fingerprint density at radius 3 is 2.39 bits per heavy atom. The highest BCUT2D eigenvalue weighted by molar-refractivity contribution is 7.85. The van der Waals surface area contributed by atoms with Gasteiger partial charge in [-0.1, -0.05) is 53.0 Å². The number of hydrogen-bond donors (Lipinski definition) is 2. The van der Waals surface area contributed by atoms with Crippen LogP contribution in [0.1, 0.15) is 27.6 Å². The lowest BCUT2D eigenvalue weighted by molar-refractivity contribution is 0.0260. The highest BCUT2D eigenvalue weighted by atomic mass is 35.5. The van der Waals surface area contributed by atoms with Crippen LogP contribution in [0.25, 0.3) is 0 Å². The third-order valence-corrected chi connectivity index (χ3v) is 7.05. The predicted molar refractivity (Wildman–Crippen MR) is 141 cm³/mol. The van der Waals surface area contributed by atoms with Crippen LogP contribution in [0.3, 0.4) is 0 Å². The van der Waals surface area contributed by atoms with E-state index < -0.39 is 38.4 Å². The smallest absolute Gasteiger partial charge is 0.349 e. The molecule has 1 atom stereocenters. The number of benzene rings is 3. The number of phenolic OH excluding ortho intramolecular Hbond substituents is 1. The number of imidazole rings is 1. The van der Waals surface area contributed by atoms with Gasteiger partial charge >= 0.3 is 12.0 Å². The normalized spacial score (nSPS) is 12.3. The minimum Gasteiger partial charge on any atom is -0.507 e. The summed E-state index contributed by atoms with van der Waals surface area (Å²) in [4.78, 5) is 16.2. The largest absolute Gasteiger partial charge is 0.507 e. The quantitative estimate of drug-likeness (QED) is 0.178. The number of ether oxygens (including phenoxy) is 2. The maximum Gasteiger partial charge on any atom is 0.349 e. The van der Waals surface area contributed by atoms with Gasteiger partial charge in [-0.3, -0.25) is 9.12 Å². The lowest BCUT2D eigenvalue weighted by atomic mass is 10.1. The molecular weight excluding hydrogens is 579 g/mol. The van der Waals surface area contributed by atoms with Crippen molar-refractivity contribution in [1.29, 1.82) is 0 Å². The number of halogens is 3. The van der Waals surface area contributed by atoms with E-state index in [1.54, 1.807) is 36.5 Å².